The third-order valence-electron chi connectivity index (χ3n) is 1.88. The smallest absolute Gasteiger partial charge is 0.277 e. The maximum absolute atomic E-state index is 11.3. The van der Waals surface area contributed by atoms with Gasteiger partial charge in [0.25, 0.3) is 5.56 Å². The summed E-state index contributed by atoms with van der Waals surface area (Å²) in [6, 6.07) is 1.53. The molecular formula is C8H8N4O2. The van der Waals surface area contributed by atoms with Crippen molar-refractivity contribution in [1.82, 2.24) is 15.0 Å². The van der Waals surface area contributed by atoms with Gasteiger partial charge in [-0.05, 0) is 6.07 Å². The molecule has 0 amide bonds. The van der Waals surface area contributed by atoms with Crippen molar-refractivity contribution in [2.45, 2.75) is 6.23 Å². The number of pyridine rings is 1. The summed E-state index contributed by atoms with van der Waals surface area (Å²) in [6.07, 6.45) is 1.50. The summed E-state index contributed by atoms with van der Waals surface area (Å²) in [5.74, 6) is 0. The van der Waals surface area contributed by atoms with Crippen LogP contribution in [0.4, 0.5) is 0 Å². The number of rotatable bonds is 1. The van der Waals surface area contributed by atoms with E-state index in [1.807, 2.05) is 0 Å². The Kier molecular flexibility index (Phi) is 1.99. The molecule has 2 heterocycles. The van der Waals surface area contributed by atoms with Gasteiger partial charge in [-0.1, -0.05) is 0 Å². The maximum Gasteiger partial charge on any atom is 0.277 e. The Morgan fingerprint density at radius 2 is 2.21 bits per heavy atom. The fourth-order valence-corrected chi connectivity index (χ4v) is 1.23. The van der Waals surface area contributed by atoms with Crippen LogP contribution in [0.2, 0.25) is 0 Å². The van der Waals surface area contributed by atoms with Crippen molar-refractivity contribution < 1.29 is 5.11 Å². The lowest BCUT2D eigenvalue weighted by Gasteiger charge is -2.05. The van der Waals surface area contributed by atoms with Crippen LogP contribution in [0.15, 0.2) is 23.4 Å². The van der Waals surface area contributed by atoms with Crippen molar-refractivity contribution in [3.8, 4) is 0 Å². The van der Waals surface area contributed by atoms with Gasteiger partial charge in [-0.3, -0.25) is 4.79 Å². The first-order valence-corrected chi connectivity index (χ1v) is 3.96. The van der Waals surface area contributed by atoms with Crippen molar-refractivity contribution in [1.29, 1.82) is 0 Å². The summed E-state index contributed by atoms with van der Waals surface area (Å²) in [4.78, 5) is 21.4. The van der Waals surface area contributed by atoms with Crippen LogP contribution < -0.4 is 11.3 Å². The maximum atomic E-state index is 11.3. The van der Waals surface area contributed by atoms with Gasteiger partial charge in [-0.2, -0.15) is 0 Å². The lowest BCUT2D eigenvalue weighted by atomic mass is 10.2. The van der Waals surface area contributed by atoms with Gasteiger partial charge in [-0.15, -0.1) is 0 Å². The lowest BCUT2D eigenvalue weighted by molar-refractivity contribution is 0.187. The second-order valence-corrected chi connectivity index (χ2v) is 2.77. The Labute approximate surface area is 78.4 Å². The van der Waals surface area contributed by atoms with Crippen molar-refractivity contribution in [2.75, 3.05) is 0 Å². The van der Waals surface area contributed by atoms with Gasteiger partial charge >= 0.3 is 0 Å². The SMILES string of the molecule is NC(O)c1ccnc2c(=O)[nH]cnc12. The number of hydrogen-bond acceptors (Lipinski definition) is 5. The van der Waals surface area contributed by atoms with E-state index in [0.29, 0.717) is 11.1 Å². The van der Waals surface area contributed by atoms with E-state index in [9.17, 15) is 9.90 Å². The van der Waals surface area contributed by atoms with E-state index in [1.54, 1.807) is 0 Å². The van der Waals surface area contributed by atoms with Crippen molar-refractivity contribution in [2.24, 2.45) is 5.73 Å². The Morgan fingerprint density at radius 1 is 1.43 bits per heavy atom. The van der Waals surface area contributed by atoms with E-state index in [1.165, 1.54) is 18.6 Å². The molecule has 0 saturated carbocycles. The van der Waals surface area contributed by atoms with E-state index < -0.39 is 6.23 Å². The third kappa shape index (κ3) is 1.26. The highest BCUT2D eigenvalue weighted by atomic mass is 16.3. The minimum absolute atomic E-state index is 0.175. The molecule has 0 aliphatic heterocycles. The average molecular weight is 192 g/mol. The van der Waals surface area contributed by atoms with Gasteiger partial charge in [0.15, 0.2) is 5.52 Å². The molecule has 0 saturated heterocycles. The molecule has 0 fully saturated rings. The predicted octanol–water partition coefficient (Wildman–Crippen LogP) is -0.732. The first-order valence-electron chi connectivity index (χ1n) is 3.96. The summed E-state index contributed by atoms with van der Waals surface area (Å²) < 4.78 is 0. The van der Waals surface area contributed by atoms with Gasteiger partial charge in [-0.25, -0.2) is 9.97 Å². The summed E-state index contributed by atoms with van der Waals surface area (Å²) in [5, 5.41) is 9.21. The molecule has 4 N–H and O–H groups in total. The summed E-state index contributed by atoms with van der Waals surface area (Å²) in [5.41, 5.74) is 5.85. The number of aromatic amines is 1. The van der Waals surface area contributed by atoms with Crippen molar-refractivity contribution in [3.05, 3.63) is 34.5 Å². The first-order chi connectivity index (χ1) is 6.70. The average Bonchev–Trinajstić information content (AvgIpc) is 2.17. The first kappa shape index (κ1) is 8.79. The summed E-state index contributed by atoms with van der Waals surface area (Å²) in [6.45, 7) is 0. The number of nitrogens with two attached hydrogens (primary N) is 1. The van der Waals surface area contributed by atoms with Crippen LogP contribution in [0, 0.1) is 0 Å². The molecule has 1 unspecified atom stereocenters. The number of nitrogens with zero attached hydrogens (tertiary/aromatic N) is 2. The Hall–Kier alpha value is -1.79. The van der Waals surface area contributed by atoms with Crippen LogP contribution in [-0.2, 0) is 0 Å². The van der Waals surface area contributed by atoms with Crippen LogP contribution in [0.1, 0.15) is 11.8 Å². The number of aromatic nitrogens is 3. The molecule has 0 spiro atoms. The minimum Gasteiger partial charge on any atom is -0.374 e. The van der Waals surface area contributed by atoms with Crippen LogP contribution in [0.25, 0.3) is 11.0 Å². The van der Waals surface area contributed by atoms with E-state index >= 15 is 0 Å². The Bertz CT molecular complexity index is 520. The number of aliphatic hydroxyl groups excluding tert-OH is 1. The molecule has 2 aromatic heterocycles. The quantitative estimate of drug-likeness (QED) is 0.516. The molecule has 6 heteroatoms. The molecule has 14 heavy (non-hydrogen) atoms. The molecule has 6 nitrogen and oxygen atoms in total. The molecule has 2 aromatic rings. The van der Waals surface area contributed by atoms with E-state index in [-0.39, 0.29) is 11.1 Å². The predicted molar refractivity (Wildman–Crippen MR) is 49.3 cm³/mol. The van der Waals surface area contributed by atoms with Crippen molar-refractivity contribution >= 4 is 11.0 Å². The zero-order valence-corrected chi connectivity index (χ0v) is 7.14. The van der Waals surface area contributed by atoms with Gasteiger partial charge in [0.05, 0.1) is 6.33 Å². The number of fused-ring (bicyclic) bond motifs is 1. The standard InChI is InChI=1S/C8H8N4O2/c9-7(13)4-1-2-10-6-5(4)11-3-12-8(6)14/h1-3,7,13H,9H2,(H,11,12,14). The Morgan fingerprint density at radius 3 is 2.93 bits per heavy atom. The van der Waals surface area contributed by atoms with E-state index in [2.05, 4.69) is 15.0 Å². The molecule has 0 aromatic carbocycles. The van der Waals surface area contributed by atoms with Crippen LogP contribution in [0.5, 0.6) is 0 Å². The molecule has 0 aliphatic carbocycles. The normalized spacial score (nSPS) is 13.0. The molecule has 2 rings (SSSR count). The number of aliphatic hydroxyl groups is 1. The number of H-pyrrole nitrogens is 1. The van der Waals surface area contributed by atoms with Crippen LogP contribution >= 0.6 is 0 Å². The lowest BCUT2D eigenvalue weighted by Crippen LogP contribution is -2.14. The summed E-state index contributed by atoms with van der Waals surface area (Å²) >= 11 is 0. The van der Waals surface area contributed by atoms with Gasteiger partial charge in [0, 0.05) is 11.8 Å². The fourth-order valence-electron chi connectivity index (χ4n) is 1.23. The molecule has 1 atom stereocenters. The molecule has 0 radical (unpaired) electrons. The molecular weight excluding hydrogens is 184 g/mol. The second-order valence-electron chi connectivity index (χ2n) is 2.77. The third-order valence-corrected chi connectivity index (χ3v) is 1.88. The van der Waals surface area contributed by atoms with E-state index in [0.717, 1.165) is 0 Å². The fraction of sp³-hybridized carbons (Fsp3) is 0.125. The Balaban J connectivity index is 2.88. The second kappa shape index (κ2) is 3.17. The highest BCUT2D eigenvalue weighted by molar-refractivity contribution is 5.76. The number of hydrogen-bond donors (Lipinski definition) is 3. The van der Waals surface area contributed by atoms with Crippen molar-refractivity contribution in [3.63, 3.8) is 0 Å². The minimum atomic E-state index is -1.16. The van der Waals surface area contributed by atoms with E-state index in [4.69, 9.17) is 5.73 Å². The molecule has 0 aliphatic rings. The van der Waals surface area contributed by atoms with Gasteiger partial charge in [0.1, 0.15) is 11.7 Å². The highest BCUT2D eigenvalue weighted by Crippen LogP contribution is 2.14. The molecule has 0 bridgehead atoms. The van der Waals surface area contributed by atoms with Gasteiger partial charge < -0.3 is 15.8 Å². The highest BCUT2D eigenvalue weighted by Gasteiger charge is 2.09. The van der Waals surface area contributed by atoms with Gasteiger partial charge in [0.2, 0.25) is 0 Å². The largest absolute Gasteiger partial charge is 0.374 e. The molecule has 72 valence electrons. The topological polar surface area (TPSA) is 105 Å². The monoisotopic (exact) mass is 192 g/mol. The number of nitrogens with one attached hydrogen (secondary N) is 1. The zero-order chi connectivity index (χ0) is 10.1. The van der Waals surface area contributed by atoms with Crippen LogP contribution in [0.3, 0.4) is 0 Å². The van der Waals surface area contributed by atoms with Crippen LogP contribution in [-0.4, -0.2) is 20.1 Å². The summed E-state index contributed by atoms with van der Waals surface area (Å²) in [7, 11) is 0. The zero-order valence-electron chi connectivity index (χ0n) is 7.14.